The highest BCUT2D eigenvalue weighted by Gasteiger charge is 2.11. The highest BCUT2D eigenvalue weighted by molar-refractivity contribution is 6.31. The molecule has 0 saturated heterocycles. The molecule has 0 spiro atoms. The number of nitrogens with one attached hydrogen (secondary N) is 1. The summed E-state index contributed by atoms with van der Waals surface area (Å²) in [6.45, 7) is 2.85. The molecule has 0 radical (unpaired) electrons. The van der Waals surface area contributed by atoms with Crippen LogP contribution >= 0.6 is 23.2 Å². The molecule has 3 rings (SSSR count). The number of carbonyl (C=O) groups is 1. The predicted octanol–water partition coefficient (Wildman–Crippen LogP) is 6.13. The van der Waals surface area contributed by atoms with Crippen LogP contribution in [-0.4, -0.2) is 25.8 Å². The molecule has 0 unspecified atom stereocenters. The van der Waals surface area contributed by atoms with Crippen LogP contribution in [-0.2, 0) is 6.61 Å². The first-order valence-corrected chi connectivity index (χ1v) is 11.1. The van der Waals surface area contributed by atoms with Crippen molar-refractivity contribution in [3.8, 4) is 17.2 Å². The van der Waals surface area contributed by atoms with Gasteiger partial charge in [0, 0.05) is 26.7 Å². The van der Waals surface area contributed by atoms with Gasteiger partial charge in [-0.05, 0) is 48.9 Å². The monoisotopic (exact) mass is 486 g/mol. The average Bonchev–Trinajstić information content (AvgIpc) is 2.83. The van der Waals surface area contributed by atoms with Gasteiger partial charge in [0.15, 0.2) is 11.5 Å². The van der Waals surface area contributed by atoms with Crippen LogP contribution in [0.1, 0.15) is 34.8 Å². The molecule has 6 nitrogen and oxygen atoms in total. The van der Waals surface area contributed by atoms with Crippen LogP contribution in [0.2, 0.25) is 10.0 Å². The van der Waals surface area contributed by atoms with Gasteiger partial charge in [-0.2, -0.15) is 5.10 Å². The molecule has 0 aromatic heterocycles. The van der Waals surface area contributed by atoms with E-state index in [9.17, 15) is 4.79 Å². The fourth-order valence-corrected chi connectivity index (χ4v) is 3.26. The van der Waals surface area contributed by atoms with Crippen LogP contribution in [0.4, 0.5) is 0 Å². The number of nitrogens with zero attached hydrogens (tertiary/aromatic N) is 1. The number of benzene rings is 3. The Morgan fingerprint density at radius 2 is 1.79 bits per heavy atom. The molecule has 0 aliphatic carbocycles. The molecular weight excluding hydrogens is 463 g/mol. The van der Waals surface area contributed by atoms with Gasteiger partial charge in [-0.15, -0.1) is 0 Å². The fraction of sp³-hybridized carbons (Fsp3) is 0.200. The SMILES string of the molecule is CCCOc1ccc(C(=O)N/N=C/c2cc(Cl)ccc2OCc2ccccc2Cl)cc1OC. The lowest BCUT2D eigenvalue weighted by Gasteiger charge is -2.11. The second kappa shape index (κ2) is 12.1. The summed E-state index contributed by atoms with van der Waals surface area (Å²) >= 11 is 12.3. The van der Waals surface area contributed by atoms with Crippen LogP contribution in [0.3, 0.4) is 0 Å². The highest BCUT2D eigenvalue weighted by Crippen LogP contribution is 2.28. The van der Waals surface area contributed by atoms with Crippen LogP contribution in [0.5, 0.6) is 17.2 Å². The van der Waals surface area contributed by atoms with Crippen molar-refractivity contribution in [2.24, 2.45) is 5.10 Å². The zero-order valence-electron chi connectivity index (χ0n) is 18.3. The van der Waals surface area contributed by atoms with Gasteiger partial charge in [0.05, 0.1) is 19.9 Å². The Labute approximate surface area is 203 Å². The maximum atomic E-state index is 12.5. The topological polar surface area (TPSA) is 69.2 Å². The van der Waals surface area contributed by atoms with E-state index in [0.29, 0.717) is 45.0 Å². The van der Waals surface area contributed by atoms with E-state index in [-0.39, 0.29) is 6.61 Å². The molecule has 0 bridgehead atoms. The Kier molecular flexibility index (Phi) is 8.98. The molecule has 8 heteroatoms. The van der Waals surface area contributed by atoms with Gasteiger partial charge in [0.2, 0.25) is 0 Å². The quantitative estimate of drug-likeness (QED) is 0.276. The lowest BCUT2D eigenvalue weighted by Crippen LogP contribution is -2.17. The summed E-state index contributed by atoms with van der Waals surface area (Å²) in [6.07, 6.45) is 2.34. The summed E-state index contributed by atoms with van der Waals surface area (Å²) in [4.78, 5) is 12.5. The van der Waals surface area contributed by atoms with Crippen molar-refractivity contribution in [1.82, 2.24) is 5.43 Å². The minimum absolute atomic E-state index is 0.279. The normalized spacial score (nSPS) is 10.8. The first kappa shape index (κ1) is 24.4. The van der Waals surface area contributed by atoms with E-state index in [2.05, 4.69) is 10.5 Å². The molecule has 0 fully saturated rings. The van der Waals surface area contributed by atoms with Crippen molar-refractivity contribution >= 4 is 35.3 Å². The minimum Gasteiger partial charge on any atom is -0.493 e. The number of methoxy groups -OCH3 is 1. The zero-order chi connectivity index (χ0) is 23.6. The van der Waals surface area contributed by atoms with Gasteiger partial charge >= 0.3 is 0 Å². The Hall–Kier alpha value is -3.22. The first-order valence-electron chi connectivity index (χ1n) is 10.3. The predicted molar refractivity (Wildman–Crippen MR) is 131 cm³/mol. The van der Waals surface area contributed by atoms with Crippen molar-refractivity contribution in [2.45, 2.75) is 20.0 Å². The van der Waals surface area contributed by atoms with Crippen molar-refractivity contribution in [3.05, 3.63) is 87.4 Å². The molecule has 0 aliphatic heterocycles. The standard InChI is InChI=1S/C25H24Cl2N2O4/c1-3-12-32-23-10-8-17(14-24(23)31-2)25(30)29-28-15-19-13-20(26)9-11-22(19)33-16-18-6-4-5-7-21(18)27/h4-11,13-15H,3,12,16H2,1-2H3,(H,29,30)/b28-15+. The van der Waals surface area contributed by atoms with Gasteiger partial charge in [0.1, 0.15) is 12.4 Å². The number of hydrogen-bond acceptors (Lipinski definition) is 5. The Bertz CT molecular complexity index is 1140. The van der Waals surface area contributed by atoms with Crippen molar-refractivity contribution in [3.63, 3.8) is 0 Å². The molecule has 3 aromatic rings. The van der Waals surface area contributed by atoms with Gasteiger partial charge in [0.25, 0.3) is 5.91 Å². The number of hydrogen-bond donors (Lipinski definition) is 1. The lowest BCUT2D eigenvalue weighted by molar-refractivity contribution is 0.0954. The summed E-state index contributed by atoms with van der Waals surface area (Å²) in [6, 6.07) is 17.5. The second-order valence-corrected chi connectivity index (χ2v) is 7.82. The van der Waals surface area contributed by atoms with Crippen LogP contribution in [0, 0.1) is 0 Å². The molecular formula is C25H24Cl2N2O4. The van der Waals surface area contributed by atoms with Gasteiger partial charge in [-0.1, -0.05) is 48.3 Å². The van der Waals surface area contributed by atoms with Crippen LogP contribution in [0.25, 0.3) is 0 Å². The molecule has 1 amide bonds. The van der Waals surface area contributed by atoms with Crippen LogP contribution in [0.15, 0.2) is 65.8 Å². The number of rotatable bonds is 10. The molecule has 0 aliphatic rings. The number of ether oxygens (including phenoxy) is 3. The Balaban J connectivity index is 1.69. The first-order chi connectivity index (χ1) is 16.0. The maximum absolute atomic E-state index is 12.5. The van der Waals surface area contributed by atoms with Gasteiger partial charge < -0.3 is 14.2 Å². The summed E-state index contributed by atoms with van der Waals surface area (Å²) < 4.78 is 16.8. The highest BCUT2D eigenvalue weighted by atomic mass is 35.5. The van der Waals surface area contributed by atoms with Crippen LogP contribution < -0.4 is 19.6 Å². The van der Waals surface area contributed by atoms with E-state index in [4.69, 9.17) is 37.4 Å². The smallest absolute Gasteiger partial charge is 0.271 e. The average molecular weight is 487 g/mol. The summed E-state index contributed by atoms with van der Waals surface area (Å²) in [5, 5.41) is 5.19. The molecule has 33 heavy (non-hydrogen) atoms. The fourth-order valence-electron chi connectivity index (χ4n) is 2.89. The van der Waals surface area contributed by atoms with Crippen molar-refractivity contribution in [2.75, 3.05) is 13.7 Å². The summed E-state index contributed by atoms with van der Waals surface area (Å²) in [5.74, 6) is 1.22. The molecule has 172 valence electrons. The molecule has 0 saturated carbocycles. The van der Waals surface area contributed by atoms with E-state index in [0.717, 1.165) is 12.0 Å². The molecule has 1 N–H and O–H groups in total. The number of hydrazone groups is 1. The third-order valence-corrected chi connectivity index (χ3v) is 5.17. The largest absolute Gasteiger partial charge is 0.493 e. The van der Waals surface area contributed by atoms with Gasteiger partial charge in [-0.3, -0.25) is 4.79 Å². The third-order valence-electron chi connectivity index (χ3n) is 4.57. The second-order valence-electron chi connectivity index (χ2n) is 6.98. The number of halogens is 2. The molecule has 3 aromatic carbocycles. The Morgan fingerprint density at radius 3 is 2.55 bits per heavy atom. The number of carbonyl (C=O) groups excluding carboxylic acids is 1. The summed E-state index contributed by atoms with van der Waals surface area (Å²) in [7, 11) is 1.53. The van der Waals surface area contributed by atoms with E-state index in [1.54, 1.807) is 42.5 Å². The van der Waals surface area contributed by atoms with E-state index < -0.39 is 5.91 Å². The molecule has 0 heterocycles. The summed E-state index contributed by atoms with van der Waals surface area (Å²) in [5.41, 5.74) is 4.35. The van der Waals surface area contributed by atoms with E-state index in [1.807, 2.05) is 25.1 Å². The van der Waals surface area contributed by atoms with Crippen molar-refractivity contribution < 1.29 is 19.0 Å². The minimum atomic E-state index is -0.396. The molecule has 0 atom stereocenters. The lowest BCUT2D eigenvalue weighted by atomic mass is 10.2. The Morgan fingerprint density at radius 1 is 1.00 bits per heavy atom. The maximum Gasteiger partial charge on any atom is 0.271 e. The van der Waals surface area contributed by atoms with Crippen molar-refractivity contribution in [1.29, 1.82) is 0 Å². The van der Waals surface area contributed by atoms with E-state index >= 15 is 0 Å². The van der Waals surface area contributed by atoms with E-state index in [1.165, 1.54) is 13.3 Å². The number of amides is 1. The third kappa shape index (κ3) is 6.88. The van der Waals surface area contributed by atoms with Gasteiger partial charge in [-0.25, -0.2) is 5.43 Å². The zero-order valence-corrected chi connectivity index (χ0v) is 19.8.